The molecule has 1 aromatic carbocycles. The van der Waals surface area contributed by atoms with E-state index in [9.17, 15) is 10.1 Å². The first-order chi connectivity index (χ1) is 16.0. The van der Waals surface area contributed by atoms with Crippen LogP contribution in [0.15, 0.2) is 42.7 Å². The smallest absolute Gasteiger partial charge is 0.317 e. The van der Waals surface area contributed by atoms with Gasteiger partial charge in [-0.2, -0.15) is 5.26 Å². The quantitative estimate of drug-likeness (QED) is 0.692. The van der Waals surface area contributed by atoms with Crippen LogP contribution in [0.1, 0.15) is 56.2 Å². The van der Waals surface area contributed by atoms with E-state index in [-0.39, 0.29) is 17.1 Å². The van der Waals surface area contributed by atoms with Crippen molar-refractivity contribution < 1.29 is 4.79 Å². The Morgan fingerprint density at radius 3 is 2.45 bits per heavy atom. The summed E-state index contributed by atoms with van der Waals surface area (Å²) in [5.41, 5.74) is 1.43. The lowest BCUT2D eigenvalue weighted by Crippen LogP contribution is -2.56. The van der Waals surface area contributed by atoms with E-state index in [1.54, 1.807) is 11.0 Å². The van der Waals surface area contributed by atoms with E-state index in [0.717, 1.165) is 32.2 Å². The number of benzene rings is 1. The highest BCUT2D eigenvalue weighted by Crippen LogP contribution is 2.50. The number of carbonyl (C=O) groups excluding carboxylic acids is 1. The third-order valence-corrected chi connectivity index (χ3v) is 8.37. The van der Waals surface area contributed by atoms with E-state index >= 15 is 0 Å². The Labute approximate surface area is 196 Å². The van der Waals surface area contributed by atoms with Crippen molar-refractivity contribution in [2.45, 2.75) is 56.0 Å². The summed E-state index contributed by atoms with van der Waals surface area (Å²) < 4.78 is 0. The average Bonchev–Trinajstić information content (AvgIpc) is 3.08. The van der Waals surface area contributed by atoms with Gasteiger partial charge in [-0.05, 0) is 64.1 Å². The van der Waals surface area contributed by atoms with Gasteiger partial charge < -0.3 is 4.90 Å². The molecule has 172 valence electrons. The first-order valence-corrected chi connectivity index (χ1v) is 12.0. The van der Waals surface area contributed by atoms with Gasteiger partial charge in [0.15, 0.2) is 0 Å². The molecule has 2 amide bonds. The number of hydrogen-bond acceptors (Lipinski definition) is 5. The number of hydrogen-bond donors (Lipinski definition) is 0. The van der Waals surface area contributed by atoms with E-state index in [1.165, 1.54) is 31.2 Å². The summed E-state index contributed by atoms with van der Waals surface area (Å²) in [5, 5.41) is 9.28. The summed E-state index contributed by atoms with van der Waals surface area (Å²) in [7, 11) is 4.35. The standard InChI is InChI=1S/C26H32N6O/c1-30(2)26(21-9-4-3-5-10-21)13-11-25(12-14-26)18-31(23-15-22(16-27)28-19-29-23)24(33)32(25)17-20-7-6-8-20/h3-5,9-10,15,19-20H,6-8,11-14,17-18H2,1-2H3. The van der Waals surface area contributed by atoms with E-state index in [1.807, 2.05) is 0 Å². The van der Waals surface area contributed by atoms with Gasteiger partial charge in [-0.1, -0.05) is 36.8 Å². The maximum atomic E-state index is 13.7. The minimum absolute atomic E-state index is 0.0198. The van der Waals surface area contributed by atoms with Gasteiger partial charge in [0.2, 0.25) is 0 Å². The number of nitriles is 1. The molecule has 33 heavy (non-hydrogen) atoms. The summed E-state index contributed by atoms with van der Waals surface area (Å²) in [6, 6.07) is 14.5. The molecule has 0 atom stereocenters. The summed E-state index contributed by atoms with van der Waals surface area (Å²) >= 11 is 0. The Kier molecular flexibility index (Phi) is 5.57. The largest absolute Gasteiger partial charge is 0.326 e. The number of carbonyl (C=O) groups is 1. The summed E-state index contributed by atoms with van der Waals surface area (Å²) in [6.45, 7) is 1.45. The molecular weight excluding hydrogens is 412 g/mol. The molecule has 2 heterocycles. The molecule has 3 fully saturated rings. The topological polar surface area (TPSA) is 76.4 Å². The number of urea groups is 1. The Balaban J connectivity index is 1.46. The van der Waals surface area contributed by atoms with Gasteiger partial charge in [0.1, 0.15) is 23.9 Å². The Bertz CT molecular complexity index is 1050. The van der Waals surface area contributed by atoms with Crippen LogP contribution in [0.2, 0.25) is 0 Å². The van der Waals surface area contributed by atoms with E-state index in [4.69, 9.17) is 0 Å². The van der Waals surface area contributed by atoms with Crippen LogP contribution in [0.25, 0.3) is 0 Å². The predicted molar refractivity (Wildman–Crippen MR) is 127 cm³/mol. The van der Waals surface area contributed by atoms with Crippen LogP contribution in [0, 0.1) is 17.2 Å². The molecule has 5 rings (SSSR count). The zero-order valence-corrected chi connectivity index (χ0v) is 19.6. The third kappa shape index (κ3) is 3.67. The van der Waals surface area contributed by atoms with E-state index in [2.05, 4.69) is 70.3 Å². The molecule has 2 saturated carbocycles. The van der Waals surface area contributed by atoms with E-state index < -0.39 is 0 Å². The highest BCUT2D eigenvalue weighted by atomic mass is 16.2. The van der Waals surface area contributed by atoms with Gasteiger partial charge >= 0.3 is 6.03 Å². The SMILES string of the molecule is CN(C)C1(c2ccccc2)CCC2(CC1)CN(c1cc(C#N)ncn1)C(=O)N2CC1CCC1. The molecule has 1 aliphatic heterocycles. The van der Waals surface area contributed by atoms with Gasteiger partial charge in [0.05, 0.1) is 12.1 Å². The van der Waals surface area contributed by atoms with Gasteiger partial charge in [0, 0.05) is 18.2 Å². The monoisotopic (exact) mass is 444 g/mol. The number of amides is 2. The molecule has 0 bridgehead atoms. The fraction of sp³-hybridized carbons (Fsp3) is 0.538. The second kappa shape index (κ2) is 8.42. The minimum atomic E-state index is -0.196. The van der Waals surface area contributed by atoms with Crippen LogP contribution in [-0.4, -0.2) is 58.5 Å². The number of aromatic nitrogens is 2. The van der Waals surface area contributed by atoms with Crippen molar-refractivity contribution in [2.75, 3.05) is 32.1 Å². The maximum Gasteiger partial charge on any atom is 0.326 e. The summed E-state index contributed by atoms with van der Waals surface area (Å²) in [4.78, 5) is 28.4. The Hall–Kier alpha value is -2.98. The van der Waals surface area contributed by atoms with Crippen molar-refractivity contribution in [1.29, 1.82) is 5.26 Å². The lowest BCUT2D eigenvalue weighted by molar-refractivity contribution is 0.0172. The molecular formula is C26H32N6O. The fourth-order valence-corrected chi connectivity index (χ4v) is 6.04. The van der Waals surface area contributed by atoms with Crippen molar-refractivity contribution in [1.82, 2.24) is 19.8 Å². The molecule has 2 aromatic rings. The molecule has 1 aromatic heterocycles. The predicted octanol–water partition coefficient (Wildman–Crippen LogP) is 4.16. The molecule has 0 unspecified atom stereocenters. The molecule has 2 aliphatic carbocycles. The summed E-state index contributed by atoms with van der Waals surface area (Å²) in [5.74, 6) is 1.13. The van der Waals surface area contributed by atoms with Crippen molar-refractivity contribution in [2.24, 2.45) is 5.92 Å². The zero-order chi connectivity index (χ0) is 23.1. The highest BCUT2D eigenvalue weighted by molar-refractivity contribution is 5.94. The zero-order valence-electron chi connectivity index (χ0n) is 19.6. The Morgan fingerprint density at radius 1 is 1.12 bits per heavy atom. The van der Waals surface area contributed by atoms with Gasteiger partial charge in [0.25, 0.3) is 0 Å². The van der Waals surface area contributed by atoms with Gasteiger partial charge in [-0.15, -0.1) is 0 Å². The lowest BCUT2D eigenvalue weighted by Gasteiger charge is -2.51. The minimum Gasteiger partial charge on any atom is -0.317 e. The number of anilines is 1. The van der Waals surface area contributed by atoms with Crippen LogP contribution in [0.3, 0.4) is 0 Å². The third-order valence-electron chi connectivity index (χ3n) is 8.37. The first kappa shape index (κ1) is 21.8. The van der Waals surface area contributed by atoms with E-state index in [0.29, 0.717) is 24.0 Å². The van der Waals surface area contributed by atoms with Gasteiger partial charge in [-0.3, -0.25) is 9.80 Å². The summed E-state index contributed by atoms with van der Waals surface area (Å²) in [6.07, 6.45) is 8.96. The molecule has 1 spiro atoms. The van der Waals surface area contributed by atoms with Crippen LogP contribution in [0.5, 0.6) is 0 Å². The molecule has 0 radical (unpaired) electrons. The van der Waals surface area contributed by atoms with Crippen molar-refractivity contribution in [3.63, 3.8) is 0 Å². The van der Waals surface area contributed by atoms with Crippen LogP contribution >= 0.6 is 0 Å². The van der Waals surface area contributed by atoms with Crippen LogP contribution < -0.4 is 4.90 Å². The van der Waals surface area contributed by atoms with Crippen LogP contribution in [0.4, 0.5) is 10.6 Å². The van der Waals surface area contributed by atoms with Crippen molar-refractivity contribution in [3.05, 3.63) is 54.0 Å². The van der Waals surface area contributed by atoms with Gasteiger partial charge in [-0.25, -0.2) is 14.8 Å². The van der Waals surface area contributed by atoms with Crippen molar-refractivity contribution >= 4 is 11.8 Å². The highest BCUT2D eigenvalue weighted by Gasteiger charge is 2.55. The fourth-order valence-electron chi connectivity index (χ4n) is 6.04. The second-order valence-electron chi connectivity index (χ2n) is 10.2. The Morgan fingerprint density at radius 2 is 1.85 bits per heavy atom. The maximum absolute atomic E-state index is 13.7. The number of rotatable bonds is 5. The molecule has 7 nitrogen and oxygen atoms in total. The lowest BCUT2D eigenvalue weighted by atomic mass is 9.68. The number of nitrogens with zero attached hydrogens (tertiary/aromatic N) is 6. The second-order valence-corrected chi connectivity index (χ2v) is 10.2. The van der Waals surface area contributed by atoms with Crippen LogP contribution in [-0.2, 0) is 5.54 Å². The molecule has 3 aliphatic rings. The average molecular weight is 445 g/mol. The molecule has 0 N–H and O–H groups in total. The molecule has 1 saturated heterocycles. The molecule has 7 heteroatoms. The normalized spacial score (nSPS) is 27.8. The first-order valence-electron chi connectivity index (χ1n) is 12.0. The van der Waals surface area contributed by atoms with Crippen molar-refractivity contribution in [3.8, 4) is 6.07 Å².